The molecule has 1 saturated heterocycles. The lowest BCUT2D eigenvalue weighted by molar-refractivity contribution is -0.145. The number of ether oxygens (including phenoxy) is 1. The largest absolute Gasteiger partial charge is 0.479 e. The number of nitrogens with one attached hydrogen (secondary N) is 2. The lowest BCUT2D eigenvalue weighted by Crippen LogP contribution is -2.56. The lowest BCUT2D eigenvalue weighted by Gasteiger charge is -2.30. The van der Waals surface area contributed by atoms with Gasteiger partial charge in [-0.2, -0.15) is 4.80 Å². The fourth-order valence-electron chi connectivity index (χ4n) is 5.66. The Bertz CT molecular complexity index is 1470. The van der Waals surface area contributed by atoms with Crippen LogP contribution in [0.5, 0.6) is 0 Å². The summed E-state index contributed by atoms with van der Waals surface area (Å²) in [6, 6.07) is 6.36. The molecule has 1 saturated carbocycles. The minimum Gasteiger partial charge on any atom is -0.479 e. The van der Waals surface area contributed by atoms with E-state index in [0.717, 1.165) is 5.56 Å². The summed E-state index contributed by atoms with van der Waals surface area (Å²) in [7, 11) is 0. The second kappa shape index (κ2) is 12.2. The van der Waals surface area contributed by atoms with Gasteiger partial charge in [0.15, 0.2) is 0 Å². The summed E-state index contributed by atoms with van der Waals surface area (Å²) in [5.74, 6) is -2.60. The molecule has 3 heterocycles. The number of carboxylic acids is 1. The first-order chi connectivity index (χ1) is 20.9. The van der Waals surface area contributed by atoms with E-state index in [4.69, 9.17) is 4.74 Å². The first-order valence-electron chi connectivity index (χ1n) is 14.7. The van der Waals surface area contributed by atoms with Gasteiger partial charge in [0.25, 0.3) is 0 Å². The number of allylic oxidation sites excluding steroid dienone is 1. The molecule has 2 aromatic rings. The highest BCUT2D eigenvalue weighted by Crippen LogP contribution is 2.45. The zero-order valence-corrected chi connectivity index (χ0v) is 24.9. The number of amides is 3. The van der Waals surface area contributed by atoms with E-state index in [-0.39, 0.29) is 44.4 Å². The van der Waals surface area contributed by atoms with Crippen molar-refractivity contribution < 1.29 is 33.8 Å². The number of aromatic nitrogens is 4. The Balaban J connectivity index is 1.46. The predicted molar refractivity (Wildman–Crippen MR) is 155 cm³/mol. The molecule has 2 aliphatic heterocycles. The number of hydrogen-bond acceptors (Lipinski definition) is 9. The van der Waals surface area contributed by atoms with Gasteiger partial charge >= 0.3 is 12.1 Å². The predicted octanol–water partition coefficient (Wildman–Crippen LogP) is 2.03. The molecule has 1 aliphatic carbocycles. The van der Waals surface area contributed by atoms with Crippen molar-refractivity contribution in [2.24, 2.45) is 5.92 Å². The fraction of sp³-hybridized carbons (Fsp3) is 0.533. The van der Waals surface area contributed by atoms with E-state index >= 15 is 0 Å². The number of alkyl carbamates (subject to hydrolysis) is 1. The molecule has 3 amide bonds. The van der Waals surface area contributed by atoms with E-state index in [2.05, 4.69) is 26.0 Å². The number of ketones is 1. The van der Waals surface area contributed by atoms with Crippen LogP contribution in [0.3, 0.4) is 0 Å². The van der Waals surface area contributed by atoms with Gasteiger partial charge in [-0.25, -0.2) is 9.59 Å². The fourth-order valence-corrected chi connectivity index (χ4v) is 5.66. The van der Waals surface area contributed by atoms with Gasteiger partial charge in [0.1, 0.15) is 29.0 Å². The van der Waals surface area contributed by atoms with Crippen molar-refractivity contribution in [2.75, 3.05) is 6.54 Å². The number of fused-ring (bicyclic) bond motifs is 2. The third-order valence-corrected chi connectivity index (χ3v) is 8.05. The highest BCUT2D eigenvalue weighted by Gasteiger charge is 2.61. The molecule has 234 valence electrons. The van der Waals surface area contributed by atoms with E-state index in [1.54, 1.807) is 32.9 Å². The van der Waals surface area contributed by atoms with Crippen molar-refractivity contribution in [1.82, 2.24) is 35.7 Å². The smallest absolute Gasteiger partial charge is 0.408 e. The van der Waals surface area contributed by atoms with Gasteiger partial charge in [-0.05, 0) is 45.2 Å². The zero-order chi connectivity index (χ0) is 31.6. The number of aliphatic carboxylic acids is 1. The van der Waals surface area contributed by atoms with Crippen LogP contribution in [-0.2, 0) is 23.9 Å². The Morgan fingerprint density at radius 1 is 1.14 bits per heavy atom. The molecule has 2 unspecified atom stereocenters. The first-order valence-corrected chi connectivity index (χ1v) is 14.7. The van der Waals surface area contributed by atoms with Gasteiger partial charge in [0.2, 0.25) is 17.6 Å². The van der Waals surface area contributed by atoms with Crippen molar-refractivity contribution in [3.63, 3.8) is 0 Å². The van der Waals surface area contributed by atoms with Crippen LogP contribution in [0.25, 0.3) is 11.4 Å². The van der Waals surface area contributed by atoms with Crippen LogP contribution >= 0.6 is 0 Å². The Labute approximate surface area is 254 Å². The van der Waals surface area contributed by atoms with Gasteiger partial charge in [0.05, 0.1) is 6.04 Å². The summed E-state index contributed by atoms with van der Waals surface area (Å²) in [6.45, 7) is 5.05. The van der Waals surface area contributed by atoms with Crippen molar-refractivity contribution in [3.05, 3.63) is 42.5 Å². The Hall–Kier alpha value is -4.62. The Morgan fingerprint density at radius 3 is 2.59 bits per heavy atom. The van der Waals surface area contributed by atoms with Crippen LogP contribution in [0.4, 0.5) is 4.79 Å². The number of hydrogen-bond donors (Lipinski definition) is 3. The molecule has 3 N–H and O–H groups in total. The van der Waals surface area contributed by atoms with Gasteiger partial charge in [-0.1, -0.05) is 42.5 Å². The average molecular weight is 608 g/mol. The SMILES string of the molecule is CC(C)(C)OC(=O)N[C@H]1CCC(=O)CC/C=C\C2CC2(C(=O)O)NC(=O)[C@@H]2C[C@@H](n3nnc(-c4ccccc4)n3)CN2C1=O. The van der Waals surface area contributed by atoms with E-state index in [1.807, 2.05) is 30.3 Å². The second-order valence-electron chi connectivity index (χ2n) is 12.5. The third-order valence-electron chi connectivity index (χ3n) is 8.05. The molecule has 1 aromatic heterocycles. The quantitative estimate of drug-likeness (QED) is 0.434. The summed E-state index contributed by atoms with van der Waals surface area (Å²) in [6.07, 6.45) is 3.50. The molecule has 2 fully saturated rings. The van der Waals surface area contributed by atoms with Crippen molar-refractivity contribution in [1.29, 1.82) is 0 Å². The van der Waals surface area contributed by atoms with E-state index in [9.17, 15) is 29.1 Å². The van der Waals surface area contributed by atoms with Gasteiger partial charge in [0, 0.05) is 37.3 Å². The average Bonchev–Trinajstić information content (AvgIpc) is 3.28. The number of benzene rings is 1. The van der Waals surface area contributed by atoms with Crippen LogP contribution in [0.1, 0.15) is 65.3 Å². The standard InChI is InChI=1S/C30H37N7O7/c1-29(2,3)44-28(43)31-22-14-13-21(38)12-8-7-11-19-16-30(19,27(41)42)32-25(39)23-15-20(17-36(23)26(22)40)37-34-24(33-35-37)18-9-5-4-6-10-18/h4-7,9-11,19-20,22-23H,8,12-17H2,1-3H3,(H,31,43)(H,32,39)(H,41,42)/b11-7-/t19?,20-,22+,23+,30?/m1/s1. The summed E-state index contributed by atoms with van der Waals surface area (Å²) in [5.41, 5.74) is -1.61. The molecular weight excluding hydrogens is 570 g/mol. The summed E-state index contributed by atoms with van der Waals surface area (Å²) in [4.78, 5) is 68.3. The molecule has 0 radical (unpaired) electrons. The number of tetrazole rings is 1. The Morgan fingerprint density at radius 2 is 1.89 bits per heavy atom. The highest BCUT2D eigenvalue weighted by molar-refractivity contribution is 5.96. The molecule has 14 nitrogen and oxygen atoms in total. The van der Waals surface area contributed by atoms with Crippen molar-refractivity contribution >= 4 is 29.7 Å². The topological polar surface area (TPSA) is 186 Å². The minimum atomic E-state index is -1.51. The third kappa shape index (κ3) is 6.79. The number of carbonyl (C=O) groups is 5. The molecule has 0 bridgehead atoms. The Kier molecular flexibility index (Phi) is 8.53. The second-order valence-corrected chi connectivity index (χ2v) is 12.5. The normalized spacial score (nSPS) is 28.5. The van der Waals surface area contributed by atoms with E-state index in [0.29, 0.717) is 12.2 Å². The molecular formula is C30H37N7O7. The molecule has 1 aromatic carbocycles. The van der Waals surface area contributed by atoms with Gasteiger partial charge < -0.3 is 25.4 Å². The number of rotatable bonds is 4. The number of carboxylic acid groups (broad SMARTS) is 1. The molecule has 5 rings (SSSR count). The molecule has 0 spiro atoms. The summed E-state index contributed by atoms with van der Waals surface area (Å²) in [5, 5.41) is 28.1. The van der Waals surface area contributed by atoms with Gasteiger partial charge in [-0.15, -0.1) is 10.2 Å². The van der Waals surface area contributed by atoms with Gasteiger partial charge in [-0.3, -0.25) is 14.4 Å². The molecule has 44 heavy (non-hydrogen) atoms. The maximum absolute atomic E-state index is 14.1. The van der Waals surface area contributed by atoms with E-state index < -0.39 is 59.1 Å². The number of carbonyl (C=O) groups excluding carboxylic acids is 4. The van der Waals surface area contributed by atoms with Crippen LogP contribution in [0.15, 0.2) is 42.5 Å². The first kappa shape index (κ1) is 30.8. The van der Waals surface area contributed by atoms with Crippen molar-refractivity contribution in [3.8, 4) is 11.4 Å². The van der Waals surface area contributed by atoms with Crippen LogP contribution in [0, 0.1) is 5.92 Å². The highest BCUT2D eigenvalue weighted by atomic mass is 16.6. The minimum absolute atomic E-state index is 0.00243. The summed E-state index contributed by atoms with van der Waals surface area (Å²) >= 11 is 0. The monoisotopic (exact) mass is 607 g/mol. The van der Waals surface area contributed by atoms with Crippen LogP contribution in [0.2, 0.25) is 0 Å². The number of nitrogens with zero attached hydrogens (tertiary/aromatic N) is 5. The molecule has 5 atom stereocenters. The van der Waals surface area contributed by atoms with Crippen molar-refractivity contribution in [2.45, 2.75) is 88.6 Å². The zero-order valence-electron chi connectivity index (χ0n) is 24.9. The van der Waals surface area contributed by atoms with Crippen LogP contribution in [-0.4, -0.2) is 89.6 Å². The molecule has 3 aliphatic rings. The summed E-state index contributed by atoms with van der Waals surface area (Å²) < 4.78 is 5.38. The van der Waals surface area contributed by atoms with Crippen LogP contribution < -0.4 is 10.6 Å². The maximum atomic E-state index is 14.1. The lowest BCUT2D eigenvalue weighted by atomic mass is 10.0. The maximum Gasteiger partial charge on any atom is 0.408 e. The van der Waals surface area contributed by atoms with E-state index in [1.165, 1.54) is 9.70 Å². The molecule has 14 heteroatoms. The number of Topliss-reactive ketones (excluding diaryl/α,β-unsaturated/α-hetero) is 1.